The van der Waals surface area contributed by atoms with Crippen LogP contribution in [0.5, 0.6) is 0 Å². The quantitative estimate of drug-likeness (QED) is 0.576. The third kappa shape index (κ3) is 2.14. The number of carbonyl (C=O) groups is 1. The first-order chi connectivity index (χ1) is 8.23. The van der Waals surface area contributed by atoms with Crippen LogP contribution in [-0.4, -0.2) is 35.9 Å². The molecule has 1 heterocycles. The molecule has 17 heavy (non-hydrogen) atoms. The maximum atomic E-state index is 12.6. The molecule has 2 heteroatoms. The highest BCUT2D eigenvalue weighted by atomic mass is 16.1. The van der Waals surface area contributed by atoms with Crippen LogP contribution in [0.3, 0.4) is 0 Å². The van der Waals surface area contributed by atoms with Gasteiger partial charge < -0.3 is 4.48 Å². The van der Waals surface area contributed by atoms with Crippen molar-refractivity contribution in [2.75, 3.05) is 19.6 Å². The second kappa shape index (κ2) is 5.01. The zero-order valence-electron chi connectivity index (χ0n) is 10.9. The molecule has 0 aromatic heterocycles. The molecule has 0 spiro atoms. The monoisotopic (exact) mass is 232 g/mol. The lowest BCUT2D eigenvalue weighted by Crippen LogP contribution is -2.54. The highest BCUT2D eigenvalue weighted by molar-refractivity contribution is 5.99. The minimum Gasteiger partial charge on any atom is -0.315 e. The lowest BCUT2D eigenvalue weighted by atomic mass is 10.0. The fraction of sp³-hybridized carbons (Fsp3) is 0.533. The van der Waals surface area contributed by atoms with Crippen molar-refractivity contribution in [2.24, 2.45) is 0 Å². The van der Waals surface area contributed by atoms with E-state index in [1.165, 1.54) is 6.42 Å². The first kappa shape index (κ1) is 12.3. The van der Waals surface area contributed by atoms with Crippen molar-refractivity contribution in [3.63, 3.8) is 0 Å². The molecule has 1 saturated heterocycles. The summed E-state index contributed by atoms with van der Waals surface area (Å²) in [6, 6.07) is 9.95. The second-order valence-corrected chi connectivity index (χ2v) is 4.96. The van der Waals surface area contributed by atoms with Gasteiger partial charge in [-0.1, -0.05) is 30.3 Å². The van der Waals surface area contributed by atoms with Crippen LogP contribution in [0, 0.1) is 0 Å². The number of quaternary nitrogens is 1. The Morgan fingerprint density at radius 3 is 2.47 bits per heavy atom. The first-order valence-corrected chi connectivity index (χ1v) is 6.68. The molecule has 1 aromatic carbocycles. The second-order valence-electron chi connectivity index (χ2n) is 4.96. The van der Waals surface area contributed by atoms with E-state index in [9.17, 15) is 4.79 Å². The van der Waals surface area contributed by atoms with Crippen LogP contribution in [-0.2, 0) is 0 Å². The molecule has 0 bridgehead atoms. The van der Waals surface area contributed by atoms with Crippen molar-refractivity contribution < 1.29 is 9.28 Å². The van der Waals surface area contributed by atoms with Gasteiger partial charge in [0.05, 0.1) is 19.6 Å². The molecule has 0 saturated carbocycles. The van der Waals surface area contributed by atoms with Gasteiger partial charge in [-0.3, -0.25) is 4.79 Å². The predicted octanol–water partition coefficient (Wildman–Crippen LogP) is 2.89. The summed E-state index contributed by atoms with van der Waals surface area (Å²) in [5.74, 6) is 0.340. The Morgan fingerprint density at radius 1 is 1.24 bits per heavy atom. The fourth-order valence-electron chi connectivity index (χ4n) is 3.18. The standard InChI is InChI=1S/C15H22NO/c1-3-16(4-2)12-8-11-14(16)15(17)13-9-6-5-7-10-13/h5-7,9-10,14H,3-4,8,11-12H2,1-2H3/q+1. The molecule has 92 valence electrons. The first-order valence-electron chi connectivity index (χ1n) is 6.68. The molecule has 1 unspecified atom stereocenters. The van der Waals surface area contributed by atoms with Gasteiger partial charge in [-0.25, -0.2) is 0 Å². The van der Waals surface area contributed by atoms with Gasteiger partial charge >= 0.3 is 0 Å². The summed E-state index contributed by atoms with van der Waals surface area (Å²) in [6.45, 7) is 7.72. The van der Waals surface area contributed by atoms with E-state index in [1.54, 1.807) is 0 Å². The molecule has 0 aliphatic carbocycles. The fourth-order valence-corrected chi connectivity index (χ4v) is 3.18. The number of likely N-dealkylation sites (tertiary alicyclic amines) is 1. The van der Waals surface area contributed by atoms with Gasteiger partial charge in [0.15, 0.2) is 6.04 Å². The molecule has 1 atom stereocenters. The number of benzene rings is 1. The maximum Gasteiger partial charge on any atom is 0.220 e. The van der Waals surface area contributed by atoms with Gasteiger partial charge in [0.25, 0.3) is 0 Å². The summed E-state index contributed by atoms with van der Waals surface area (Å²) in [7, 11) is 0. The number of ketones is 1. The van der Waals surface area contributed by atoms with E-state index in [0.717, 1.165) is 36.1 Å². The Balaban J connectivity index is 2.25. The summed E-state index contributed by atoms with van der Waals surface area (Å²) < 4.78 is 0.980. The summed E-state index contributed by atoms with van der Waals surface area (Å²) in [6.07, 6.45) is 2.24. The van der Waals surface area contributed by atoms with E-state index in [1.807, 2.05) is 30.3 Å². The highest BCUT2D eigenvalue weighted by Crippen LogP contribution is 2.29. The van der Waals surface area contributed by atoms with Crippen LogP contribution in [0.25, 0.3) is 0 Å². The maximum absolute atomic E-state index is 12.6. The minimum atomic E-state index is 0.187. The van der Waals surface area contributed by atoms with Crippen LogP contribution < -0.4 is 0 Å². The molecular weight excluding hydrogens is 210 g/mol. The Hall–Kier alpha value is -1.15. The number of hydrogen-bond donors (Lipinski definition) is 0. The summed E-state index contributed by atoms with van der Waals surface area (Å²) >= 11 is 0. The highest BCUT2D eigenvalue weighted by Gasteiger charge is 2.43. The van der Waals surface area contributed by atoms with Gasteiger partial charge in [0.2, 0.25) is 5.78 Å². The number of rotatable bonds is 4. The lowest BCUT2D eigenvalue weighted by molar-refractivity contribution is -0.927. The third-order valence-electron chi connectivity index (χ3n) is 4.36. The minimum absolute atomic E-state index is 0.187. The Labute approximate surface area is 104 Å². The average molecular weight is 232 g/mol. The third-order valence-corrected chi connectivity index (χ3v) is 4.36. The summed E-state index contributed by atoms with van der Waals surface area (Å²) in [5, 5.41) is 0. The number of nitrogens with zero attached hydrogens (tertiary/aromatic N) is 1. The van der Waals surface area contributed by atoms with Gasteiger partial charge in [0.1, 0.15) is 0 Å². The number of Topliss-reactive ketones (excluding diaryl/α,β-unsaturated/α-hetero) is 1. The van der Waals surface area contributed by atoms with Crippen LogP contribution in [0.1, 0.15) is 37.0 Å². The van der Waals surface area contributed by atoms with E-state index in [4.69, 9.17) is 0 Å². The van der Waals surface area contributed by atoms with E-state index in [0.29, 0.717) is 5.78 Å². The summed E-state index contributed by atoms with van der Waals surface area (Å²) in [5.41, 5.74) is 0.879. The van der Waals surface area contributed by atoms with Gasteiger partial charge in [-0.15, -0.1) is 0 Å². The molecule has 1 aliphatic heterocycles. The number of likely N-dealkylation sites (N-methyl/N-ethyl adjacent to an activating group) is 1. The molecule has 2 nitrogen and oxygen atoms in total. The van der Waals surface area contributed by atoms with Crippen molar-refractivity contribution in [1.82, 2.24) is 0 Å². The molecular formula is C15H22NO+. The predicted molar refractivity (Wildman–Crippen MR) is 70.0 cm³/mol. The topological polar surface area (TPSA) is 17.1 Å². The van der Waals surface area contributed by atoms with Gasteiger partial charge in [0, 0.05) is 18.4 Å². The normalized spacial score (nSPS) is 22.6. The SMILES string of the molecule is CC[N+]1(CC)CCCC1C(=O)c1ccccc1. The lowest BCUT2D eigenvalue weighted by Gasteiger charge is -2.37. The van der Waals surface area contributed by atoms with Crippen molar-refractivity contribution in [3.8, 4) is 0 Å². The van der Waals surface area contributed by atoms with E-state index >= 15 is 0 Å². The average Bonchev–Trinajstić information content (AvgIpc) is 2.83. The van der Waals surface area contributed by atoms with Crippen LogP contribution in [0.4, 0.5) is 0 Å². The molecule has 0 N–H and O–H groups in total. The molecule has 2 rings (SSSR count). The van der Waals surface area contributed by atoms with Crippen LogP contribution in [0.2, 0.25) is 0 Å². The number of carbonyl (C=O) groups excluding carboxylic acids is 1. The van der Waals surface area contributed by atoms with Gasteiger partial charge in [-0.05, 0) is 13.8 Å². The zero-order chi connectivity index (χ0) is 12.3. The zero-order valence-corrected chi connectivity index (χ0v) is 10.9. The molecule has 1 aromatic rings. The molecule has 0 amide bonds. The van der Waals surface area contributed by atoms with E-state index in [2.05, 4.69) is 13.8 Å². The molecule has 1 aliphatic rings. The Morgan fingerprint density at radius 2 is 1.88 bits per heavy atom. The smallest absolute Gasteiger partial charge is 0.220 e. The van der Waals surface area contributed by atoms with Crippen molar-refractivity contribution in [1.29, 1.82) is 0 Å². The largest absolute Gasteiger partial charge is 0.315 e. The van der Waals surface area contributed by atoms with E-state index < -0.39 is 0 Å². The molecule has 0 radical (unpaired) electrons. The Kier molecular flexibility index (Phi) is 3.63. The van der Waals surface area contributed by atoms with Crippen molar-refractivity contribution in [3.05, 3.63) is 35.9 Å². The van der Waals surface area contributed by atoms with Crippen molar-refractivity contribution >= 4 is 5.78 Å². The van der Waals surface area contributed by atoms with Crippen LogP contribution in [0.15, 0.2) is 30.3 Å². The van der Waals surface area contributed by atoms with Gasteiger partial charge in [-0.2, -0.15) is 0 Å². The number of hydrogen-bond acceptors (Lipinski definition) is 1. The Bertz CT molecular complexity index is 381. The molecule has 1 fully saturated rings. The van der Waals surface area contributed by atoms with Crippen LogP contribution >= 0.6 is 0 Å². The van der Waals surface area contributed by atoms with Crippen molar-refractivity contribution in [2.45, 2.75) is 32.7 Å². The summed E-state index contributed by atoms with van der Waals surface area (Å²) in [4.78, 5) is 12.6. The van der Waals surface area contributed by atoms with E-state index in [-0.39, 0.29) is 6.04 Å².